The molecule has 1 aromatic carbocycles. The Labute approximate surface area is 141 Å². The zero-order chi connectivity index (χ0) is 16.9. The van der Waals surface area contributed by atoms with Gasteiger partial charge in [-0.2, -0.15) is 5.26 Å². The van der Waals surface area contributed by atoms with Crippen LogP contribution < -0.4 is 5.32 Å². The Kier molecular flexibility index (Phi) is 4.63. The Bertz CT molecular complexity index is 867. The fraction of sp³-hybridized carbons (Fsp3) is 0.125. The Hall–Kier alpha value is -3.05. The molecule has 2 aromatic heterocycles. The van der Waals surface area contributed by atoms with Crippen molar-refractivity contribution < 1.29 is 9.18 Å². The molecule has 0 saturated carbocycles. The number of amides is 1. The number of hydrogen-bond donors (Lipinski definition) is 1. The van der Waals surface area contributed by atoms with Crippen LogP contribution in [-0.2, 0) is 11.3 Å². The summed E-state index contributed by atoms with van der Waals surface area (Å²) in [6.45, 7) is -0.0578. The van der Waals surface area contributed by atoms with Crippen molar-refractivity contribution in [2.24, 2.45) is 0 Å². The molecule has 3 rings (SSSR count). The number of nitrogens with zero attached hydrogens (tertiary/aromatic N) is 4. The van der Waals surface area contributed by atoms with E-state index >= 15 is 0 Å². The van der Waals surface area contributed by atoms with Gasteiger partial charge in [-0.05, 0) is 29.1 Å². The van der Waals surface area contributed by atoms with Gasteiger partial charge < -0.3 is 5.32 Å². The molecule has 0 aliphatic heterocycles. The van der Waals surface area contributed by atoms with Crippen LogP contribution in [0, 0.1) is 17.1 Å². The number of rotatable bonds is 5. The lowest BCUT2D eigenvalue weighted by molar-refractivity contribution is -0.122. The summed E-state index contributed by atoms with van der Waals surface area (Å²) in [5.41, 5.74) is 0.781. The van der Waals surface area contributed by atoms with Gasteiger partial charge in [0.1, 0.15) is 24.8 Å². The van der Waals surface area contributed by atoms with Crippen LogP contribution in [0.25, 0.3) is 0 Å². The summed E-state index contributed by atoms with van der Waals surface area (Å²) >= 11 is 1.50. The first-order valence-corrected chi connectivity index (χ1v) is 7.91. The highest BCUT2D eigenvalue weighted by Crippen LogP contribution is 2.26. The molecule has 0 bridgehead atoms. The number of benzene rings is 1. The molecule has 2 heterocycles. The van der Waals surface area contributed by atoms with Crippen molar-refractivity contribution in [2.75, 3.05) is 0 Å². The molecule has 6 nitrogen and oxygen atoms in total. The molecule has 0 aliphatic carbocycles. The number of aromatic nitrogens is 3. The summed E-state index contributed by atoms with van der Waals surface area (Å²) in [4.78, 5) is 17.0. The van der Waals surface area contributed by atoms with E-state index in [9.17, 15) is 9.18 Å². The number of hydrogen-bond acceptors (Lipinski definition) is 5. The van der Waals surface area contributed by atoms with Gasteiger partial charge in [-0.25, -0.2) is 14.1 Å². The van der Waals surface area contributed by atoms with Gasteiger partial charge in [-0.1, -0.05) is 18.2 Å². The van der Waals surface area contributed by atoms with E-state index in [0.29, 0.717) is 0 Å². The summed E-state index contributed by atoms with van der Waals surface area (Å²) < 4.78 is 14.4. The van der Waals surface area contributed by atoms with Gasteiger partial charge in [0.2, 0.25) is 5.91 Å². The Morgan fingerprint density at radius 2 is 2.17 bits per heavy atom. The SMILES string of the molecule is N#Cc1ncn(CC(=O)NC(c2ccc(F)cc2)c2cccs2)n1. The first kappa shape index (κ1) is 15.8. The average Bonchev–Trinajstić information content (AvgIpc) is 3.25. The molecule has 8 heteroatoms. The number of halogens is 1. The van der Waals surface area contributed by atoms with Gasteiger partial charge in [-0.15, -0.1) is 16.4 Å². The first-order chi connectivity index (χ1) is 11.7. The second-order valence-corrected chi connectivity index (χ2v) is 5.92. The normalized spacial score (nSPS) is 11.7. The molecule has 24 heavy (non-hydrogen) atoms. The summed E-state index contributed by atoms with van der Waals surface area (Å²) in [7, 11) is 0. The van der Waals surface area contributed by atoms with Crippen molar-refractivity contribution in [3.63, 3.8) is 0 Å². The van der Waals surface area contributed by atoms with Crippen LogP contribution in [0.2, 0.25) is 0 Å². The van der Waals surface area contributed by atoms with E-state index in [2.05, 4.69) is 15.4 Å². The van der Waals surface area contributed by atoms with Gasteiger partial charge in [0, 0.05) is 4.88 Å². The van der Waals surface area contributed by atoms with E-state index in [-0.39, 0.29) is 30.1 Å². The third kappa shape index (κ3) is 3.64. The fourth-order valence-corrected chi connectivity index (χ4v) is 3.01. The number of thiophene rings is 1. The third-order valence-corrected chi connectivity index (χ3v) is 4.22. The second-order valence-electron chi connectivity index (χ2n) is 4.95. The maximum atomic E-state index is 13.1. The molecule has 0 saturated heterocycles. The number of carbonyl (C=O) groups is 1. The van der Waals surface area contributed by atoms with Crippen molar-refractivity contribution in [2.45, 2.75) is 12.6 Å². The van der Waals surface area contributed by atoms with Gasteiger partial charge in [-0.3, -0.25) is 4.79 Å². The van der Waals surface area contributed by atoms with E-state index in [0.717, 1.165) is 10.4 Å². The minimum Gasteiger partial charge on any atom is -0.343 e. The van der Waals surface area contributed by atoms with E-state index in [1.807, 2.05) is 17.5 Å². The van der Waals surface area contributed by atoms with Crippen LogP contribution in [0.4, 0.5) is 4.39 Å². The number of carbonyl (C=O) groups excluding carboxylic acids is 1. The number of nitriles is 1. The van der Waals surface area contributed by atoms with Crippen LogP contribution in [0.3, 0.4) is 0 Å². The summed E-state index contributed by atoms with van der Waals surface area (Å²) in [5.74, 6) is -0.607. The smallest absolute Gasteiger partial charge is 0.252 e. The lowest BCUT2D eigenvalue weighted by Gasteiger charge is -2.18. The molecule has 1 atom stereocenters. The molecule has 1 N–H and O–H groups in total. The monoisotopic (exact) mass is 341 g/mol. The zero-order valence-corrected chi connectivity index (χ0v) is 13.2. The molecule has 0 aliphatic rings. The van der Waals surface area contributed by atoms with Gasteiger partial charge in [0.15, 0.2) is 0 Å². The molecular weight excluding hydrogens is 329 g/mol. The van der Waals surface area contributed by atoms with Crippen molar-refractivity contribution in [1.82, 2.24) is 20.1 Å². The lowest BCUT2D eigenvalue weighted by atomic mass is 10.1. The highest BCUT2D eigenvalue weighted by molar-refractivity contribution is 7.10. The molecule has 0 spiro atoms. The quantitative estimate of drug-likeness (QED) is 0.771. The van der Waals surface area contributed by atoms with Gasteiger partial charge in [0.25, 0.3) is 5.82 Å². The minimum absolute atomic E-state index is 0.0103. The van der Waals surface area contributed by atoms with Gasteiger partial charge >= 0.3 is 0 Å². The summed E-state index contributed by atoms with van der Waals surface area (Å²) in [6.07, 6.45) is 1.33. The van der Waals surface area contributed by atoms with Crippen molar-refractivity contribution in [1.29, 1.82) is 5.26 Å². The van der Waals surface area contributed by atoms with Crippen molar-refractivity contribution >= 4 is 17.2 Å². The molecule has 0 fully saturated rings. The maximum absolute atomic E-state index is 13.1. The van der Waals surface area contributed by atoms with Crippen LogP contribution in [0.1, 0.15) is 22.3 Å². The standard InChI is InChI=1S/C16H12FN5OS/c17-12-5-3-11(4-6-12)16(13-2-1-7-24-13)20-15(23)9-22-10-19-14(8-18)21-22/h1-7,10,16H,9H2,(H,20,23). The highest BCUT2D eigenvalue weighted by atomic mass is 32.1. The molecule has 1 unspecified atom stereocenters. The molecule has 1 amide bonds. The van der Waals surface area contributed by atoms with Crippen LogP contribution >= 0.6 is 11.3 Å². The molecule has 120 valence electrons. The molecule has 3 aromatic rings. The highest BCUT2D eigenvalue weighted by Gasteiger charge is 2.18. The Morgan fingerprint density at radius 3 is 2.79 bits per heavy atom. The predicted molar refractivity (Wildman–Crippen MR) is 85.4 cm³/mol. The Balaban J connectivity index is 1.78. The number of nitrogens with one attached hydrogen (secondary N) is 1. The van der Waals surface area contributed by atoms with E-state index in [1.165, 1.54) is 34.5 Å². The van der Waals surface area contributed by atoms with E-state index in [1.54, 1.807) is 18.2 Å². The Morgan fingerprint density at radius 1 is 1.38 bits per heavy atom. The van der Waals surface area contributed by atoms with Crippen LogP contribution in [0.5, 0.6) is 0 Å². The summed E-state index contributed by atoms with van der Waals surface area (Å²) in [5, 5.41) is 17.4. The lowest BCUT2D eigenvalue weighted by Crippen LogP contribution is -2.32. The third-order valence-electron chi connectivity index (χ3n) is 3.28. The van der Waals surface area contributed by atoms with E-state index < -0.39 is 0 Å². The second kappa shape index (κ2) is 7.02. The van der Waals surface area contributed by atoms with Crippen LogP contribution in [-0.4, -0.2) is 20.7 Å². The average molecular weight is 341 g/mol. The largest absolute Gasteiger partial charge is 0.343 e. The fourth-order valence-electron chi connectivity index (χ4n) is 2.21. The predicted octanol–water partition coefficient (Wildman–Crippen LogP) is 2.26. The maximum Gasteiger partial charge on any atom is 0.252 e. The van der Waals surface area contributed by atoms with E-state index in [4.69, 9.17) is 5.26 Å². The van der Waals surface area contributed by atoms with Gasteiger partial charge in [0.05, 0.1) is 6.04 Å². The summed E-state index contributed by atoms with van der Waals surface area (Å²) in [6, 6.07) is 11.2. The molecule has 0 radical (unpaired) electrons. The van der Waals surface area contributed by atoms with Crippen molar-refractivity contribution in [3.8, 4) is 6.07 Å². The minimum atomic E-state index is -0.378. The van der Waals surface area contributed by atoms with Crippen molar-refractivity contribution in [3.05, 3.63) is 70.2 Å². The zero-order valence-electron chi connectivity index (χ0n) is 12.4. The topological polar surface area (TPSA) is 83.6 Å². The molecular formula is C16H12FN5OS. The first-order valence-electron chi connectivity index (χ1n) is 7.03. The van der Waals surface area contributed by atoms with Crippen LogP contribution in [0.15, 0.2) is 48.1 Å².